The highest BCUT2D eigenvalue weighted by molar-refractivity contribution is 7.99. The molecular weight excluding hydrogens is 318 g/mol. The van der Waals surface area contributed by atoms with E-state index < -0.39 is 0 Å². The van der Waals surface area contributed by atoms with Crippen LogP contribution in [0.2, 0.25) is 0 Å². The average Bonchev–Trinajstić information content (AvgIpc) is 2.90. The quantitative estimate of drug-likeness (QED) is 0.836. The summed E-state index contributed by atoms with van der Waals surface area (Å²) in [6.07, 6.45) is 5.72. The van der Waals surface area contributed by atoms with Crippen LogP contribution in [0, 0.1) is 0 Å². The molecule has 2 atom stereocenters. The van der Waals surface area contributed by atoms with Gasteiger partial charge in [-0.1, -0.05) is 0 Å². The molecule has 1 aromatic rings. The van der Waals surface area contributed by atoms with Gasteiger partial charge in [0, 0.05) is 61.9 Å². The van der Waals surface area contributed by atoms with Crippen molar-refractivity contribution in [2.24, 2.45) is 0 Å². The second-order valence-electron chi connectivity index (χ2n) is 7.49. The van der Waals surface area contributed by atoms with Crippen LogP contribution >= 0.6 is 11.8 Å². The maximum absolute atomic E-state index is 4.62. The number of rotatable bonds is 3. The van der Waals surface area contributed by atoms with E-state index in [1.54, 1.807) is 6.33 Å². The van der Waals surface area contributed by atoms with Crippen LogP contribution in [0.1, 0.15) is 33.1 Å². The number of aromatic nitrogens is 2. The molecule has 24 heavy (non-hydrogen) atoms. The first-order valence-corrected chi connectivity index (χ1v) is 10.5. The predicted molar refractivity (Wildman–Crippen MR) is 102 cm³/mol. The van der Waals surface area contributed by atoms with Gasteiger partial charge in [0.2, 0.25) is 0 Å². The minimum atomic E-state index is 0.647. The molecule has 1 aromatic heterocycles. The Balaban J connectivity index is 1.52. The van der Waals surface area contributed by atoms with Crippen molar-refractivity contribution in [1.82, 2.24) is 14.9 Å². The molecule has 3 aliphatic heterocycles. The van der Waals surface area contributed by atoms with Crippen LogP contribution in [0.15, 0.2) is 12.4 Å². The van der Waals surface area contributed by atoms with E-state index in [9.17, 15) is 0 Å². The van der Waals surface area contributed by atoms with Crippen molar-refractivity contribution in [3.8, 4) is 0 Å². The molecule has 4 heterocycles. The van der Waals surface area contributed by atoms with E-state index in [-0.39, 0.29) is 0 Å². The first-order chi connectivity index (χ1) is 11.7. The number of fused-ring (bicyclic) bond motifs is 2. The number of anilines is 2. The van der Waals surface area contributed by atoms with Gasteiger partial charge < -0.3 is 9.80 Å². The molecule has 2 bridgehead atoms. The van der Waals surface area contributed by atoms with E-state index in [0.29, 0.717) is 12.1 Å². The summed E-state index contributed by atoms with van der Waals surface area (Å²) in [6, 6.07) is 4.31. The fraction of sp³-hybridized carbons (Fsp3) is 0.778. The minimum absolute atomic E-state index is 0.647. The summed E-state index contributed by atoms with van der Waals surface area (Å²) in [5.41, 5.74) is 0. The molecule has 0 amide bonds. The number of thioether (sulfide) groups is 1. The molecule has 3 aliphatic rings. The zero-order valence-corrected chi connectivity index (χ0v) is 15.7. The lowest BCUT2D eigenvalue weighted by molar-refractivity contribution is 0.158. The summed E-state index contributed by atoms with van der Waals surface area (Å²) >= 11 is 2.04. The van der Waals surface area contributed by atoms with Crippen molar-refractivity contribution in [3.05, 3.63) is 12.4 Å². The molecule has 2 unspecified atom stereocenters. The zero-order chi connectivity index (χ0) is 16.5. The fourth-order valence-electron chi connectivity index (χ4n) is 4.64. The summed E-state index contributed by atoms with van der Waals surface area (Å²) in [7, 11) is 0. The summed E-state index contributed by atoms with van der Waals surface area (Å²) in [5.74, 6) is 4.64. The standard InChI is InChI=1S/C18H29N5S/c1-14(2)23-15-3-4-16(23)12-22(6-5-15)18-11-17(19-13-20-18)21-7-9-24-10-8-21/h11,13-16H,3-10,12H2,1-2H3. The summed E-state index contributed by atoms with van der Waals surface area (Å²) in [6.45, 7) is 9.13. The highest BCUT2D eigenvalue weighted by atomic mass is 32.2. The van der Waals surface area contributed by atoms with E-state index in [4.69, 9.17) is 0 Å². The highest BCUT2D eigenvalue weighted by Gasteiger charge is 2.38. The van der Waals surface area contributed by atoms with Crippen molar-refractivity contribution in [3.63, 3.8) is 0 Å². The molecule has 132 valence electrons. The Labute approximate surface area is 149 Å². The first-order valence-electron chi connectivity index (χ1n) is 9.39. The van der Waals surface area contributed by atoms with Crippen molar-refractivity contribution >= 4 is 23.4 Å². The van der Waals surface area contributed by atoms with Gasteiger partial charge in [-0.25, -0.2) is 9.97 Å². The first kappa shape index (κ1) is 16.5. The lowest BCUT2D eigenvalue weighted by Crippen LogP contribution is -2.43. The maximum Gasteiger partial charge on any atom is 0.134 e. The zero-order valence-electron chi connectivity index (χ0n) is 14.9. The Morgan fingerprint density at radius 2 is 1.67 bits per heavy atom. The fourth-order valence-corrected chi connectivity index (χ4v) is 5.54. The van der Waals surface area contributed by atoms with Gasteiger partial charge in [-0.05, 0) is 33.1 Å². The SMILES string of the molecule is CC(C)N1C2CCC1CN(c1cc(N3CCSCC3)ncn1)CC2. The molecule has 4 rings (SSSR count). The van der Waals surface area contributed by atoms with Crippen LogP contribution in [0.25, 0.3) is 0 Å². The van der Waals surface area contributed by atoms with E-state index in [1.807, 2.05) is 11.8 Å². The normalized spacial score (nSPS) is 28.5. The molecule has 6 heteroatoms. The predicted octanol–water partition coefficient (Wildman–Crippen LogP) is 2.48. The molecular formula is C18H29N5S. The van der Waals surface area contributed by atoms with E-state index in [2.05, 4.69) is 44.6 Å². The Bertz CT molecular complexity index is 560. The Kier molecular flexibility index (Phi) is 4.86. The number of hydrogen-bond donors (Lipinski definition) is 0. The van der Waals surface area contributed by atoms with Crippen molar-refractivity contribution in [2.45, 2.75) is 51.2 Å². The van der Waals surface area contributed by atoms with Gasteiger partial charge in [0.05, 0.1) is 0 Å². The third-order valence-corrected chi connectivity index (χ3v) is 6.68. The van der Waals surface area contributed by atoms with Crippen LogP contribution in [0.3, 0.4) is 0 Å². The molecule has 3 fully saturated rings. The monoisotopic (exact) mass is 347 g/mol. The molecule has 0 N–H and O–H groups in total. The van der Waals surface area contributed by atoms with E-state index in [0.717, 1.165) is 43.9 Å². The van der Waals surface area contributed by atoms with E-state index in [1.165, 1.54) is 30.8 Å². The largest absolute Gasteiger partial charge is 0.355 e. The Morgan fingerprint density at radius 1 is 0.958 bits per heavy atom. The van der Waals surface area contributed by atoms with Crippen LogP contribution < -0.4 is 9.80 Å². The molecule has 0 spiro atoms. The minimum Gasteiger partial charge on any atom is -0.355 e. The average molecular weight is 348 g/mol. The van der Waals surface area contributed by atoms with Gasteiger partial charge in [-0.2, -0.15) is 11.8 Å². The van der Waals surface area contributed by atoms with Gasteiger partial charge in [0.1, 0.15) is 18.0 Å². The van der Waals surface area contributed by atoms with Crippen LogP contribution in [0.5, 0.6) is 0 Å². The lowest BCUT2D eigenvalue weighted by Gasteiger charge is -2.32. The highest BCUT2D eigenvalue weighted by Crippen LogP contribution is 2.33. The molecule has 5 nitrogen and oxygen atoms in total. The van der Waals surface area contributed by atoms with Crippen molar-refractivity contribution in [2.75, 3.05) is 47.5 Å². The van der Waals surface area contributed by atoms with Gasteiger partial charge in [0.25, 0.3) is 0 Å². The summed E-state index contributed by atoms with van der Waals surface area (Å²) < 4.78 is 0. The molecule has 0 saturated carbocycles. The van der Waals surface area contributed by atoms with Crippen molar-refractivity contribution in [1.29, 1.82) is 0 Å². The maximum atomic E-state index is 4.62. The van der Waals surface area contributed by atoms with E-state index >= 15 is 0 Å². The third-order valence-electron chi connectivity index (χ3n) is 5.73. The second-order valence-corrected chi connectivity index (χ2v) is 8.72. The van der Waals surface area contributed by atoms with Gasteiger partial charge in [-0.15, -0.1) is 0 Å². The summed E-state index contributed by atoms with van der Waals surface area (Å²) in [4.78, 5) is 16.8. The molecule has 3 saturated heterocycles. The topological polar surface area (TPSA) is 35.5 Å². The molecule has 0 aliphatic carbocycles. The number of hydrogen-bond acceptors (Lipinski definition) is 6. The Hall–Kier alpha value is -1.01. The van der Waals surface area contributed by atoms with Gasteiger partial charge in [0.15, 0.2) is 0 Å². The molecule has 0 radical (unpaired) electrons. The third kappa shape index (κ3) is 3.23. The van der Waals surface area contributed by atoms with Gasteiger partial charge in [-0.3, -0.25) is 4.90 Å². The number of nitrogens with zero attached hydrogens (tertiary/aromatic N) is 5. The summed E-state index contributed by atoms with van der Waals surface area (Å²) in [5, 5.41) is 0. The van der Waals surface area contributed by atoms with Gasteiger partial charge >= 0.3 is 0 Å². The lowest BCUT2D eigenvalue weighted by atomic mass is 10.1. The second kappa shape index (κ2) is 7.08. The van der Waals surface area contributed by atoms with Crippen LogP contribution in [-0.2, 0) is 0 Å². The van der Waals surface area contributed by atoms with Crippen LogP contribution in [0.4, 0.5) is 11.6 Å². The van der Waals surface area contributed by atoms with Crippen molar-refractivity contribution < 1.29 is 0 Å². The Morgan fingerprint density at radius 3 is 2.42 bits per heavy atom. The smallest absolute Gasteiger partial charge is 0.134 e. The van der Waals surface area contributed by atoms with Crippen LogP contribution in [-0.4, -0.2) is 70.7 Å². The molecule has 0 aromatic carbocycles.